The van der Waals surface area contributed by atoms with Gasteiger partial charge in [0, 0.05) is 23.9 Å². The van der Waals surface area contributed by atoms with Crippen molar-refractivity contribution in [2.24, 2.45) is 0 Å². The van der Waals surface area contributed by atoms with Crippen LogP contribution >= 0.6 is 0 Å². The molecule has 5 nitrogen and oxygen atoms in total. The Morgan fingerprint density at radius 1 is 1.29 bits per heavy atom. The van der Waals surface area contributed by atoms with Crippen LogP contribution in [0.1, 0.15) is 42.5 Å². The number of carbonyl (C=O) groups is 1. The fourth-order valence-electron chi connectivity index (χ4n) is 2.83. The fraction of sp³-hybridized carbons (Fsp3) is 0.316. The first-order valence-electron chi connectivity index (χ1n) is 8.15. The van der Waals surface area contributed by atoms with Crippen molar-refractivity contribution in [1.82, 2.24) is 14.5 Å². The molecule has 0 saturated carbocycles. The number of nitrogens with zero attached hydrogens (tertiary/aromatic N) is 3. The molecule has 1 atom stereocenters. The topological polar surface area (TPSA) is 68.0 Å². The number of fused-ring (bicyclic) bond motifs is 1. The van der Waals surface area contributed by atoms with Crippen molar-refractivity contribution < 1.29 is 9.90 Å². The zero-order chi connectivity index (χ0) is 17.3. The van der Waals surface area contributed by atoms with E-state index in [0.29, 0.717) is 12.0 Å². The minimum absolute atomic E-state index is 0.0144. The molecule has 1 N–H and O–H groups in total. The minimum Gasteiger partial charge on any atom is -0.393 e. The number of hydrogen-bond acceptors (Lipinski definition) is 4. The highest BCUT2D eigenvalue weighted by Crippen LogP contribution is 2.22. The molecule has 3 rings (SSSR count). The van der Waals surface area contributed by atoms with E-state index in [2.05, 4.69) is 9.97 Å². The molecule has 24 heavy (non-hydrogen) atoms. The van der Waals surface area contributed by atoms with E-state index in [1.807, 2.05) is 35.8 Å². The molecule has 0 spiro atoms. The Morgan fingerprint density at radius 3 is 2.58 bits per heavy atom. The van der Waals surface area contributed by atoms with Gasteiger partial charge in [-0.1, -0.05) is 19.1 Å². The van der Waals surface area contributed by atoms with Crippen molar-refractivity contribution in [3.05, 3.63) is 53.5 Å². The number of aliphatic hydroxyl groups excluding tert-OH is 1. The van der Waals surface area contributed by atoms with Crippen LogP contribution in [-0.4, -0.2) is 31.5 Å². The highest BCUT2D eigenvalue weighted by molar-refractivity contribution is 5.96. The highest BCUT2D eigenvalue weighted by atomic mass is 16.3. The molecule has 0 aliphatic carbocycles. The Balaban J connectivity index is 2.09. The summed E-state index contributed by atoms with van der Waals surface area (Å²) in [4.78, 5) is 20.6. The van der Waals surface area contributed by atoms with Gasteiger partial charge < -0.3 is 5.11 Å². The molecule has 2 aromatic heterocycles. The van der Waals surface area contributed by atoms with Gasteiger partial charge in [-0.15, -0.1) is 0 Å². The maximum Gasteiger partial charge on any atom is 0.164 e. The molecule has 0 unspecified atom stereocenters. The summed E-state index contributed by atoms with van der Waals surface area (Å²) in [6.07, 6.45) is 2.64. The zero-order valence-corrected chi connectivity index (χ0v) is 14.2. The molecule has 0 bridgehead atoms. The molecule has 1 aromatic carbocycles. The van der Waals surface area contributed by atoms with Crippen molar-refractivity contribution in [1.29, 1.82) is 0 Å². The maximum atomic E-state index is 11.6. The lowest BCUT2D eigenvalue weighted by Crippen LogP contribution is -2.05. The van der Waals surface area contributed by atoms with Crippen LogP contribution in [0.25, 0.3) is 16.9 Å². The molecule has 5 heteroatoms. The van der Waals surface area contributed by atoms with Crippen LogP contribution in [0.4, 0.5) is 0 Å². The molecule has 0 aliphatic heterocycles. The average Bonchev–Trinajstić information content (AvgIpc) is 2.92. The van der Waals surface area contributed by atoms with Gasteiger partial charge in [-0.25, -0.2) is 9.97 Å². The Morgan fingerprint density at radius 2 is 2.00 bits per heavy atom. The third-order valence-electron chi connectivity index (χ3n) is 4.02. The van der Waals surface area contributed by atoms with Gasteiger partial charge in [-0.2, -0.15) is 0 Å². The summed E-state index contributed by atoms with van der Waals surface area (Å²) < 4.78 is 2.02. The minimum atomic E-state index is -0.359. The number of Topliss-reactive ketones (excluding diaryl/α,β-unsaturated/α-hetero) is 1. The van der Waals surface area contributed by atoms with Gasteiger partial charge >= 0.3 is 0 Å². The van der Waals surface area contributed by atoms with Crippen LogP contribution in [0.5, 0.6) is 0 Å². The highest BCUT2D eigenvalue weighted by Gasteiger charge is 2.14. The first kappa shape index (κ1) is 16.3. The lowest BCUT2D eigenvalue weighted by Gasteiger charge is -2.10. The molecular weight excluding hydrogens is 302 g/mol. The van der Waals surface area contributed by atoms with Crippen LogP contribution in [0.2, 0.25) is 0 Å². The predicted octanol–water partition coefficient (Wildman–Crippen LogP) is 3.11. The first-order valence-corrected chi connectivity index (χ1v) is 8.15. The number of imidazole rings is 1. The van der Waals surface area contributed by atoms with E-state index in [9.17, 15) is 9.90 Å². The normalized spacial score (nSPS) is 12.5. The summed E-state index contributed by atoms with van der Waals surface area (Å²) in [6.45, 7) is 5.36. The van der Waals surface area contributed by atoms with E-state index in [0.717, 1.165) is 34.7 Å². The average molecular weight is 323 g/mol. The number of aryl methyl sites for hydroxylation is 1. The number of carbonyl (C=O) groups excluding carboxylic acids is 1. The van der Waals surface area contributed by atoms with Crippen molar-refractivity contribution in [3.8, 4) is 5.69 Å². The third kappa shape index (κ3) is 3.08. The van der Waals surface area contributed by atoms with Gasteiger partial charge in [0.2, 0.25) is 0 Å². The Kier molecular flexibility index (Phi) is 4.44. The number of aromatic nitrogens is 3. The third-order valence-corrected chi connectivity index (χ3v) is 4.02. The number of pyridine rings is 1. The van der Waals surface area contributed by atoms with Gasteiger partial charge in [-0.05, 0) is 44.0 Å². The lowest BCUT2D eigenvalue weighted by atomic mass is 10.1. The second-order valence-electron chi connectivity index (χ2n) is 6.06. The SMILES string of the molecule is CCc1nc2cc(C(C)=O)cnc2n1-c1ccc(C[C@H](C)O)cc1. The van der Waals surface area contributed by atoms with Crippen LogP contribution in [-0.2, 0) is 12.8 Å². The summed E-state index contributed by atoms with van der Waals surface area (Å²) in [7, 11) is 0. The molecule has 0 fully saturated rings. The van der Waals surface area contributed by atoms with Gasteiger partial charge in [0.15, 0.2) is 11.4 Å². The summed E-state index contributed by atoms with van der Waals surface area (Å²) >= 11 is 0. The Labute approximate surface area is 141 Å². The van der Waals surface area contributed by atoms with Crippen molar-refractivity contribution in [2.75, 3.05) is 0 Å². The van der Waals surface area contributed by atoms with Crippen LogP contribution < -0.4 is 0 Å². The van der Waals surface area contributed by atoms with Gasteiger partial charge in [0.25, 0.3) is 0 Å². The first-order chi connectivity index (χ1) is 11.5. The maximum absolute atomic E-state index is 11.6. The number of hydrogen-bond donors (Lipinski definition) is 1. The van der Waals surface area contributed by atoms with Crippen LogP contribution in [0.3, 0.4) is 0 Å². The van der Waals surface area contributed by atoms with Crippen molar-refractivity contribution >= 4 is 16.9 Å². The number of rotatable bonds is 5. The second kappa shape index (κ2) is 6.53. The van der Waals surface area contributed by atoms with E-state index in [1.165, 1.54) is 6.92 Å². The molecule has 124 valence electrons. The second-order valence-corrected chi connectivity index (χ2v) is 6.06. The summed E-state index contributed by atoms with van der Waals surface area (Å²) in [5.41, 5.74) is 4.12. The number of aliphatic hydroxyl groups is 1. The van der Waals surface area contributed by atoms with E-state index in [4.69, 9.17) is 0 Å². The van der Waals surface area contributed by atoms with Gasteiger partial charge in [0.05, 0.1) is 6.10 Å². The molecule has 0 radical (unpaired) electrons. The standard InChI is InChI=1S/C19H21N3O2/c1-4-18-21-17-10-15(13(3)24)11-20-19(17)22(18)16-7-5-14(6-8-16)9-12(2)23/h5-8,10-12,23H,4,9H2,1-3H3/t12-/m0/s1. The van der Waals surface area contributed by atoms with E-state index in [1.54, 1.807) is 19.2 Å². The van der Waals surface area contributed by atoms with Crippen molar-refractivity contribution in [2.45, 2.75) is 39.7 Å². The summed E-state index contributed by atoms with van der Waals surface area (Å²) in [6, 6.07) is 9.84. The Bertz CT molecular complexity index is 880. The monoisotopic (exact) mass is 323 g/mol. The molecular formula is C19H21N3O2. The lowest BCUT2D eigenvalue weighted by molar-refractivity contribution is 0.101. The van der Waals surface area contributed by atoms with Gasteiger partial charge in [0.1, 0.15) is 11.3 Å². The fourth-order valence-corrected chi connectivity index (χ4v) is 2.83. The van der Waals surface area contributed by atoms with Crippen LogP contribution in [0, 0.1) is 0 Å². The zero-order valence-electron chi connectivity index (χ0n) is 14.2. The van der Waals surface area contributed by atoms with Gasteiger partial charge in [-0.3, -0.25) is 9.36 Å². The molecule has 0 saturated heterocycles. The molecule has 0 aliphatic rings. The largest absolute Gasteiger partial charge is 0.393 e. The summed E-state index contributed by atoms with van der Waals surface area (Å²) in [5.74, 6) is 0.890. The smallest absolute Gasteiger partial charge is 0.164 e. The quantitative estimate of drug-likeness (QED) is 0.733. The van der Waals surface area contributed by atoms with E-state index < -0.39 is 0 Å². The Hall–Kier alpha value is -2.53. The summed E-state index contributed by atoms with van der Waals surface area (Å²) in [5, 5.41) is 9.50. The predicted molar refractivity (Wildman–Crippen MR) is 93.6 cm³/mol. The molecule has 0 amide bonds. The number of benzene rings is 1. The molecule has 3 aromatic rings. The number of ketones is 1. The van der Waals surface area contributed by atoms with Crippen molar-refractivity contribution in [3.63, 3.8) is 0 Å². The van der Waals surface area contributed by atoms with Crippen LogP contribution in [0.15, 0.2) is 36.5 Å². The van der Waals surface area contributed by atoms with E-state index in [-0.39, 0.29) is 11.9 Å². The van der Waals surface area contributed by atoms with E-state index >= 15 is 0 Å². The molecule has 2 heterocycles.